The number of halogens is 1. The Morgan fingerprint density at radius 1 is 1.11 bits per heavy atom. The molecule has 0 unspecified atom stereocenters. The van der Waals surface area contributed by atoms with E-state index in [9.17, 15) is 4.79 Å². The standard InChI is InChI=1S/C22H27ClN2O3/c1-3-27-19-11-9-15(13-20(19)28-4-2)17-7-5-6-8-18(17)25-22(26)16-10-12-21(23)24-14-16/h9-14,17-18H,3-8H2,1-2H3,(H,25,26)/t17-,18-/m1/s1. The van der Waals surface area contributed by atoms with Gasteiger partial charge in [0.2, 0.25) is 0 Å². The zero-order valence-electron chi connectivity index (χ0n) is 16.4. The summed E-state index contributed by atoms with van der Waals surface area (Å²) >= 11 is 5.82. The zero-order valence-corrected chi connectivity index (χ0v) is 17.2. The molecule has 0 spiro atoms. The second-order valence-corrected chi connectivity index (χ2v) is 7.30. The van der Waals surface area contributed by atoms with Crippen LogP contribution >= 0.6 is 11.6 Å². The van der Waals surface area contributed by atoms with Crippen LogP contribution in [0, 0.1) is 0 Å². The van der Waals surface area contributed by atoms with Crippen LogP contribution in [0.4, 0.5) is 0 Å². The quantitative estimate of drug-likeness (QED) is 0.663. The molecule has 1 heterocycles. The van der Waals surface area contributed by atoms with Gasteiger partial charge in [0.25, 0.3) is 5.91 Å². The van der Waals surface area contributed by atoms with E-state index in [1.165, 1.54) is 11.8 Å². The van der Waals surface area contributed by atoms with Crippen LogP contribution in [0.1, 0.15) is 61.4 Å². The fraction of sp³-hybridized carbons (Fsp3) is 0.455. The zero-order chi connectivity index (χ0) is 19.9. The Morgan fingerprint density at radius 2 is 1.86 bits per heavy atom. The Labute approximate surface area is 171 Å². The Balaban J connectivity index is 1.79. The molecule has 1 amide bonds. The predicted molar refractivity (Wildman–Crippen MR) is 110 cm³/mol. The fourth-order valence-electron chi connectivity index (χ4n) is 3.76. The minimum absolute atomic E-state index is 0.0735. The van der Waals surface area contributed by atoms with Crippen molar-refractivity contribution in [2.75, 3.05) is 13.2 Å². The van der Waals surface area contributed by atoms with Crippen molar-refractivity contribution in [1.29, 1.82) is 0 Å². The van der Waals surface area contributed by atoms with Crippen molar-refractivity contribution in [1.82, 2.24) is 10.3 Å². The number of pyridine rings is 1. The van der Waals surface area contributed by atoms with Crippen molar-refractivity contribution in [3.8, 4) is 11.5 Å². The predicted octanol–water partition coefficient (Wildman–Crippen LogP) is 4.99. The molecule has 150 valence electrons. The third-order valence-corrected chi connectivity index (χ3v) is 5.29. The minimum atomic E-state index is -0.114. The first-order valence-electron chi connectivity index (χ1n) is 9.94. The van der Waals surface area contributed by atoms with Gasteiger partial charge in [0.15, 0.2) is 11.5 Å². The maximum Gasteiger partial charge on any atom is 0.253 e. The van der Waals surface area contributed by atoms with Gasteiger partial charge in [-0.1, -0.05) is 30.5 Å². The number of aromatic nitrogens is 1. The Bertz CT molecular complexity index is 795. The molecule has 28 heavy (non-hydrogen) atoms. The lowest BCUT2D eigenvalue weighted by Crippen LogP contribution is -2.41. The number of benzene rings is 1. The third kappa shape index (κ3) is 4.96. The van der Waals surface area contributed by atoms with Crippen LogP contribution in [0.15, 0.2) is 36.5 Å². The summed E-state index contributed by atoms with van der Waals surface area (Å²) in [5.74, 6) is 1.65. The van der Waals surface area contributed by atoms with Gasteiger partial charge < -0.3 is 14.8 Å². The maximum absolute atomic E-state index is 12.7. The minimum Gasteiger partial charge on any atom is -0.490 e. The number of nitrogens with zero attached hydrogens (tertiary/aromatic N) is 1. The van der Waals surface area contributed by atoms with Gasteiger partial charge in [0.05, 0.1) is 18.8 Å². The monoisotopic (exact) mass is 402 g/mol. The Morgan fingerprint density at radius 3 is 2.57 bits per heavy atom. The number of carbonyl (C=O) groups excluding carboxylic acids is 1. The summed E-state index contributed by atoms with van der Waals surface area (Å²) in [6.07, 6.45) is 5.75. The van der Waals surface area contributed by atoms with Crippen molar-refractivity contribution >= 4 is 17.5 Å². The van der Waals surface area contributed by atoms with Crippen LogP contribution in [-0.4, -0.2) is 30.1 Å². The first kappa shape index (κ1) is 20.5. The highest BCUT2D eigenvalue weighted by Gasteiger charge is 2.29. The van der Waals surface area contributed by atoms with Gasteiger partial charge in [-0.25, -0.2) is 4.98 Å². The molecule has 0 bridgehead atoms. The molecule has 6 heteroatoms. The lowest BCUT2D eigenvalue weighted by molar-refractivity contribution is 0.0920. The van der Waals surface area contributed by atoms with Gasteiger partial charge in [0.1, 0.15) is 5.15 Å². The highest BCUT2D eigenvalue weighted by molar-refractivity contribution is 6.29. The molecule has 0 aliphatic heterocycles. The number of hydrogen-bond acceptors (Lipinski definition) is 4. The van der Waals surface area contributed by atoms with Gasteiger partial charge in [0, 0.05) is 18.2 Å². The van der Waals surface area contributed by atoms with E-state index >= 15 is 0 Å². The van der Waals surface area contributed by atoms with Gasteiger partial charge in [-0.15, -0.1) is 0 Å². The Kier molecular flexibility index (Phi) is 7.15. The second-order valence-electron chi connectivity index (χ2n) is 6.91. The maximum atomic E-state index is 12.7. The van der Waals surface area contributed by atoms with E-state index in [0.717, 1.165) is 37.2 Å². The van der Waals surface area contributed by atoms with Crippen molar-refractivity contribution in [3.63, 3.8) is 0 Å². The summed E-state index contributed by atoms with van der Waals surface area (Å²) in [5, 5.41) is 3.58. The van der Waals surface area contributed by atoms with Gasteiger partial charge >= 0.3 is 0 Å². The SMILES string of the molecule is CCOc1ccc([C@H]2CCCC[C@H]2NC(=O)c2ccc(Cl)nc2)cc1OCC. The number of carbonyl (C=O) groups is 1. The number of nitrogens with one attached hydrogen (secondary N) is 1. The van der Waals surface area contributed by atoms with Crippen LogP contribution in [0.25, 0.3) is 0 Å². The molecule has 3 rings (SSSR count). The first-order valence-corrected chi connectivity index (χ1v) is 10.3. The number of hydrogen-bond donors (Lipinski definition) is 1. The van der Waals surface area contributed by atoms with E-state index in [-0.39, 0.29) is 17.9 Å². The topological polar surface area (TPSA) is 60.5 Å². The van der Waals surface area contributed by atoms with Crippen LogP contribution in [0.3, 0.4) is 0 Å². The molecular weight excluding hydrogens is 376 g/mol. The highest BCUT2D eigenvalue weighted by atomic mass is 35.5. The molecule has 0 radical (unpaired) electrons. The molecule has 2 aromatic rings. The van der Waals surface area contributed by atoms with E-state index in [1.54, 1.807) is 12.1 Å². The van der Waals surface area contributed by atoms with Gasteiger partial charge in [-0.05, 0) is 56.5 Å². The van der Waals surface area contributed by atoms with E-state index < -0.39 is 0 Å². The molecule has 1 saturated carbocycles. The van der Waals surface area contributed by atoms with Crippen molar-refractivity contribution in [2.45, 2.75) is 51.5 Å². The lowest BCUT2D eigenvalue weighted by atomic mass is 9.79. The van der Waals surface area contributed by atoms with Crippen molar-refractivity contribution in [3.05, 3.63) is 52.8 Å². The normalized spacial score (nSPS) is 19.1. The lowest BCUT2D eigenvalue weighted by Gasteiger charge is -2.33. The van der Waals surface area contributed by atoms with Gasteiger partial charge in [-0.3, -0.25) is 4.79 Å². The van der Waals surface area contributed by atoms with E-state index in [4.69, 9.17) is 21.1 Å². The van der Waals surface area contributed by atoms with Crippen molar-refractivity contribution < 1.29 is 14.3 Å². The number of rotatable bonds is 7. The number of ether oxygens (including phenoxy) is 2. The average Bonchev–Trinajstić information content (AvgIpc) is 2.70. The molecule has 1 aliphatic rings. The largest absolute Gasteiger partial charge is 0.490 e. The van der Waals surface area contributed by atoms with E-state index in [1.807, 2.05) is 19.9 Å². The molecule has 2 atom stereocenters. The van der Waals surface area contributed by atoms with Gasteiger partial charge in [-0.2, -0.15) is 0 Å². The van der Waals surface area contributed by atoms with E-state index in [2.05, 4.69) is 22.4 Å². The molecular formula is C22H27ClN2O3. The smallest absolute Gasteiger partial charge is 0.253 e. The summed E-state index contributed by atoms with van der Waals surface area (Å²) in [7, 11) is 0. The van der Waals surface area contributed by atoms with Crippen LogP contribution in [0.5, 0.6) is 11.5 Å². The summed E-state index contributed by atoms with van der Waals surface area (Å²) in [6, 6.07) is 9.53. The summed E-state index contributed by atoms with van der Waals surface area (Å²) in [5.41, 5.74) is 1.70. The van der Waals surface area contributed by atoms with Crippen molar-refractivity contribution in [2.24, 2.45) is 0 Å². The van der Waals surface area contributed by atoms with Crippen LogP contribution in [-0.2, 0) is 0 Å². The molecule has 1 fully saturated rings. The molecule has 1 aromatic heterocycles. The van der Waals surface area contributed by atoms with E-state index in [0.29, 0.717) is 23.9 Å². The summed E-state index contributed by atoms with van der Waals surface area (Å²) in [6.45, 7) is 5.10. The highest BCUT2D eigenvalue weighted by Crippen LogP contribution is 2.38. The molecule has 5 nitrogen and oxygen atoms in total. The molecule has 1 N–H and O–H groups in total. The molecule has 0 saturated heterocycles. The second kappa shape index (κ2) is 9.78. The van der Waals surface area contributed by atoms with Crippen LogP contribution < -0.4 is 14.8 Å². The Hall–Kier alpha value is -2.27. The molecule has 1 aliphatic carbocycles. The number of amides is 1. The van der Waals surface area contributed by atoms with Crippen LogP contribution in [0.2, 0.25) is 5.15 Å². The molecule has 1 aromatic carbocycles. The summed E-state index contributed by atoms with van der Waals surface area (Å²) < 4.78 is 11.5. The first-order chi connectivity index (χ1) is 13.6. The summed E-state index contributed by atoms with van der Waals surface area (Å²) in [4.78, 5) is 16.7. The third-order valence-electron chi connectivity index (χ3n) is 5.07. The average molecular weight is 403 g/mol. The fourth-order valence-corrected chi connectivity index (χ4v) is 3.87.